The number of anilines is 3. The number of ether oxygens (including phenoxy) is 2. The third-order valence-electron chi connectivity index (χ3n) is 5.66. The van der Waals surface area contributed by atoms with Crippen LogP contribution < -0.4 is 24.6 Å². The largest absolute Gasteiger partial charge is 0.497 e. The van der Waals surface area contributed by atoms with E-state index >= 15 is 0 Å². The first kappa shape index (κ1) is 24.8. The lowest BCUT2D eigenvalue weighted by atomic mass is 10.1. The number of nitrogens with one attached hydrogen (secondary N) is 1. The molecule has 0 saturated carbocycles. The molecule has 0 aromatic heterocycles. The van der Waals surface area contributed by atoms with E-state index in [4.69, 9.17) is 21.1 Å². The summed E-state index contributed by atoms with van der Waals surface area (Å²) in [5.41, 5.74) is 1.75. The molecule has 8 nitrogen and oxygen atoms in total. The molecule has 1 aliphatic rings. The number of hydrogen-bond donors (Lipinski definition) is 1. The van der Waals surface area contributed by atoms with Crippen LogP contribution in [-0.4, -0.2) is 38.5 Å². The summed E-state index contributed by atoms with van der Waals surface area (Å²) in [7, 11) is 2.93. The van der Waals surface area contributed by atoms with E-state index in [1.807, 2.05) is 37.3 Å². The van der Waals surface area contributed by atoms with Crippen molar-refractivity contribution in [3.05, 3.63) is 89.1 Å². The highest BCUT2D eigenvalue weighted by Gasteiger charge is 2.40. The van der Waals surface area contributed by atoms with Crippen LogP contribution in [0.5, 0.6) is 11.5 Å². The maximum atomic E-state index is 13.3. The van der Waals surface area contributed by atoms with E-state index in [0.717, 1.165) is 10.6 Å². The maximum absolute atomic E-state index is 13.3. The molecule has 3 aromatic carbocycles. The molecule has 3 amide bonds. The molecular weight excluding hydrogens is 482 g/mol. The maximum Gasteiger partial charge on any atom is 0.283 e. The second kappa shape index (κ2) is 10.5. The molecule has 0 unspecified atom stereocenters. The van der Waals surface area contributed by atoms with Gasteiger partial charge in [0.25, 0.3) is 17.7 Å². The van der Waals surface area contributed by atoms with E-state index in [1.165, 1.54) is 14.2 Å². The Kier molecular flexibility index (Phi) is 7.26. The van der Waals surface area contributed by atoms with E-state index in [2.05, 4.69) is 5.32 Å². The Labute approximate surface area is 213 Å². The Morgan fingerprint density at radius 3 is 2.36 bits per heavy atom. The van der Waals surface area contributed by atoms with Gasteiger partial charge in [-0.3, -0.25) is 14.4 Å². The van der Waals surface area contributed by atoms with Gasteiger partial charge in [-0.25, -0.2) is 4.90 Å². The van der Waals surface area contributed by atoms with Crippen LogP contribution in [0.25, 0.3) is 0 Å². The topological polar surface area (TPSA) is 88.2 Å². The molecule has 0 fully saturated rings. The van der Waals surface area contributed by atoms with Crippen LogP contribution in [-0.2, 0) is 9.59 Å². The number of methoxy groups -OCH3 is 2. The van der Waals surface area contributed by atoms with Crippen molar-refractivity contribution < 1.29 is 23.9 Å². The van der Waals surface area contributed by atoms with E-state index in [-0.39, 0.29) is 28.1 Å². The summed E-state index contributed by atoms with van der Waals surface area (Å²) >= 11 is 6.29. The van der Waals surface area contributed by atoms with Gasteiger partial charge in [-0.05, 0) is 49.4 Å². The second-order valence-corrected chi connectivity index (χ2v) is 8.14. The number of carbonyl (C=O) groups is 3. The minimum Gasteiger partial charge on any atom is -0.497 e. The summed E-state index contributed by atoms with van der Waals surface area (Å²) in [4.78, 5) is 42.0. The molecule has 0 spiro atoms. The number of hydrogen-bond acceptors (Lipinski definition) is 6. The van der Waals surface area contributed by atoms with Gasteiger partial charge in [-0.2, -0.15) is 0 Å². The molecule has 0 bridgehead atoms. The van der Waals surface area contributed by atoms with Gasteiger partial charge in [0.2, 0.25) is 0 Å². The highest BCUT2D eigenvalue weighted by molar-refractivity contribution is 6.53. The second-order valence-electron chi connectivity index (χ2n) is 7.76. The first-order valence-electron chi connectivity index (χ1n) is 11.1. The molecule has 184 valence electrons. The van der Waals surface area contributed by atoms with Gasteiger partial charge in [0.15, 0.2) is 0 Å². The molecule has 0 saturated heterocycles. The Hall–Kier alpha value is -4.30. The summed E-state index contributed by atoms with van der Waals surface area (Å²) in [5.74, 6) is -0.767. The summed E-state index contributed by atoms with van der Waals surface area (Å²) in [6.07, 6.45) is 0. The van der Waals surface area contributed by atoms with Gasteiger partial charge < -0.3 is 19.7 Å². The number of carbonyl (C=O) groups excluding carboxylic acids is 3. The van der Waals surface area contributed by atoms with Gasteiger partial charge in [-0.15, -0.1) is 0 Å². The van der Waals surface area contributed by atoms with Crippen molar-refractivity contribution in [1.29, 1.82) is 0 Å². The van der Waals surface area contributed by atoms with Crippen LogP contribution >= 0.6 is 11.6 Å². The smallest absolute Gasteiger partial charge is 0.283 e. The van der Waals surface area contributed by atoms with Crippen LogP contribution in [0.3, 0.4) is 0 Å². The lowest BCUT2D eigenvalue weighted by Gasteiger charge is -2.21. The minimum absolute atomic E-state index is 0.0976. The van der Waals surface area contributed by atoms with Crippen molar-refractivity contribution in [2.75, 3.05) is 35.9 Å². The van der Waals surface area contributed by atoms with Crippen molar-refractivity contribution >= 4 is 46.4 Å². The van der Waals surface area contributed by atoms with Crippen LogP contribution in [0.2, 0.25) is 0 Å². The third-order valence-corrected chi connectivity index (χ3v) is 6.01. The number of amides is 3. The summed E-state index contributed by atoms with van der Waals surface area (Å²) < 4.78 is 10.5. The number of rotatable bonds is 8. The number of imide groups is 1. The van der Waals surface area contributed by atoms with Crippen LogP contribution in [0, 0.1) is 0 Å². The lowest BCUT2D eigenvalue weighted by molar-refractivity contribution is -0.120. The van der Waals surface area contributed by atoms with Crippen LogP contribution in [0.15, 0.2) is 83.5 Å². The van der Waals surface area contributed by atoms with Gasteiger partial charge in [0.05, 0.1) is 19.9 Å². The number of para-hydroxylation sites is 1. The fourth-order valence-electron chi connectivity index (χ4n) is 3.88. The Morgan fingerprint density at radius 2 is 1.69 bits per heavy atom. The number of benzene rings is 3. The lowest BCUT2D eigenvalue weighted by Crippen LogP contribution is -2.32. The van der Waals surface area contributed by atoms with Crippen LogP contribution in [0.1, 0.15) is 17.3 Å². The highest BCUT2D eigenvalue weighted by Crippen LogP contribution is 2.37. The Bertz CT molecular complexity index is 1360. The molecular formula is C27H24ClN3O5. The molecule has 1 aliphatic heterocycles. The zero-order valence-corrected chi connectivity index (χ0v) is 20.7. The van der Waals surface area contributed by atoms with Crippen molar-refractivity contribution in [2.45, 2.75) is 6.92 Å². The van der Waals surface area contributed by atoms with Gasteiger partial charge in [0, 0.05) is 29.5 Å². The average Bonchev–Trinajstić information content (AvgIpc) is 3.12. The molecule has 0 radical (unpaired) electrons. The van der Waals surface area contributed by atoms with E-state index < -0.39 is 11.8 Å². The molecule has 0 atom stereocenters. The summed E-state index contributed by atoms with van der Waals surface area (Å²) in [5, 5.41) is 2.65. The van der Waals surface area contributed by atoms with E-state index in [1.54, 1.807) is 47.4 Å². The molecule has 0 aliphatic carbocycles. The SMILES string of the molecule is CCN(C(=O)c1cccc(NC2=C(Cl)C(=O)N(c3ccc(OC)cc3OC)C2=O)c1)c1ccccc1. The first-order chi connectivity index (χ1) is 17.4. The van der Waals surface area contributed by atoms with Crippen molar-refractivity contribution in [3.8, 4) is 11.5 Å². The third kappa shape index (κ3) is 4.63. The fourth-order valence-corrected chi connectivity index (χ4v) is 4.09. The molecule has 36 heavy (non-hydrogen) atoms. The van der Waals surface area contributed by atoms with Gasteiger partial charge >= 0.3 is 0 Å². The molecule has 1 heterocycles. The summed E-state index contributed by atoms with van der Waals surface area (Å²) in [6, 6.07) is 20.7. The predicted molar refractivity (Wildman–Crippen MR) is 139 cm³/mol. The molecule has 3 aromatic rings. The molecule has 1 N–H and O–H groups in total. The van der Waals surface area contributed by atoms with Gasteiger partial charge in [0.1, 0.15) is 22.2 Å². The van der Waals surface area contributed by atoms with Crippen LogP contribution in [0.4, 0.5) is 17.1 Å². The number of halogens is 1. The monoisotopic (exact) mass is 505 g/mol. The zero-order valence-electron chi connectivity index (χ0n) is 19.9. The fraction of sp³-hybridized carbons (Fsp3) is 0.148. The number of nitrogens with zero attached hydrogens (tertiary/aromatic N) is 2. The van der Waals surface area contributed by atoms with Gasteiger partial charge in [-0.1, -0.05) is 35.9 Å². The molecule has 4 rings (SSSR count). The summed E-state index contributed by atoms with van der Waals surface area (Å²) in [6.45, 7) is 2.37. The predicted octanol–water partition coefficient (Wildman–Crippen LogP) is 4.81. The average molecular weight is 506 g/mol. The Morgan fingerprint density at radius 1 is 0.944 bits per heavy atom. The van der Waals surface area contributed by atoms with Crippen molar-refractivity contribution in [3.63, 3.8) is 0 Å². The quantitative estimate of drug-likeness (QED) is 0.442. The highest BCUT2D eigenvalue weighted by atomic mass is 35.5. The normalized spacial score (nSPS) is 13.2. The Balaban J connectivity index is 1.60. The van der Waals surface area contributed by atoms with Crippen molar-refractivity contribution in [2.24, 2.45) is 0 Å². The van der Waals surface area contributed by atoms with Crippen molar-refractivity contribution in [1.82, 2.24) is 0 Å². The zero-order chi connectivity index (χ0) is 25.8. The molecule has 9 heteroatoms. The minimum atomic E-state index is -0.693. The first-order valence-corrected chi connectivity index (χ1v) is 11.5. The van der Waals surface area contributed by atoms with E-state index in [9.17, 15) is 14.4 Å². The van der Waals surface area contributed by atoms with E-state index in [0.29, 0.717) is 23.5 Å². The standard InChI is InChI=1S/C27H24ClN3O5/c1-4-30(19-11-6-5-7-12-19)25(32)17-9-8-10-18(15-17)29-24-23(28)26(33)31(27(24)34)21-14-13-20(35-2)16-22(21)36-3/h5-16,29H,4H2,1-3H3.